The minimum atomic E-state index is -0.560. The van der Waals surface area contributed by atoms with Crippen LogP contribution < -0.4 is 10.6 Å². The zero-order valence-electron chi connectivity index (χ0n) is 12.9. The van der Waals surface area contributed by atoms with Gasteiger partial charge in [-0.2, -0.15) is 0 Å². The van der Waals surface area contributed by atoms with Gasteiger partial charge in [0.2, 0.25) is 5.13 Å². The fourth-order valence-corrected chi connectivity index (χ4v) is 2.98. The van der Waals surface area contributed by atoms with E-state index < -0.39 is 11.8 Å². The van der Waals surface area contributed by atoms with Gasteiger partial charge in [-0.1, -0.05) is 60.7 Å². The number of amides is 2. The van der Waals surface area contributed by atoms with E-state index in [1.807, 2.05) is 37.3 Å². The summed E-state index contributed by atoms with van der Waals surface area (Å²) in [5.74, 6) is -0.419. The number of benzene rings is 2. The standard InChI is InChI=1S/C17H15FN4OS/c1-11(12-7-3-2-4-8-12)15-21-22-17(24-15)20-16(23)19-14-10-6-5-9-13(14)18/h2-11H,1H3,(H2,19,20,22,23). The van der Waals surface area contributed by atoms with Crippen molar-refractivity contribution in [2.45, 2.75) is 12.8 Å². The Labute approximate surface area is 142 Å². The number of halogens is 1. The summed E-state index contributed by atoms with van der Waals surface area (Å²) in [7, 11) is 0. The Balaban J connectivity index is 1.66. The third-order valence-corrected chi connectivity index (χ3v) is 4.47. The number of aromatic nitrogens is 2. The third kappa shape index (κ3) is 3.75. The van der Waals surface area contributed by atoms with E-state index in [0.717, 1.165) is 10.6 Å². The lowest BCUT2D eigenvalue weighted by atomic mass is 10.0. The van der Waals surface area contributed by atoms with Crippen LogP contribution in [0.2, 0.25) is 0 Å². The summed E-state index contributed by atoms with van der Waals surface area (Å²) < 4.78 is 13.5. The van der Waals surface area contributed by atoms with Crippen molar-refractivity contribution in [2.75, 3.05) is 10.6 Å². The number of nitrogens with one attached hydrogen (secondary N) is 2. The molecule has 1 atom stereocenters. The highest BCUT2D eigenvalue weighted by atomic mass is 32.1. The molecule has 0 aliphatic carbocycles. The van der Waals surface area contributed by atoms with E-state index >= 15 is 0 Å². The van der Waals surface area contributed by atoms with E-state index in [1.165, 1.54) is 23.5 Å². The second-order valence-electron chi connectivity index (χ2n) is 5.14. The fraction of sp³-hybridized carbons (Fsp3) is 0.118. The van der Waals surface area contributed by atoms with Gasteiger partial charge in [0, 0.05) is 5.92 Å². The van der Waals surface area contributed by atoms with Crippen molar-refractivity contribution in [3.63, 3.8) is 0 Å². The molecule has 24 heavy (non-hydrogen) atoms. The number of hydrogen-bond donors (Lipinski definition) is 2. The average molecular weight is 342 g/mol. The summed E-state index contributed by atoms with van der Waals surface area (Å²) in [6, 6.07) is 15.3. The Bertz CT molecular complexity index is 837. The van der Waals surface area contributed by atoms with Gasteiger partial charge >= 0.3 is 6.03 Å². The van der Waals surface area contributed by atoms with E-state index in [2.05, 4.69) is 20.8 Å². The maximum absolute atomic E-state index is 13.5. The number of nitrogens with zero attached hydrogens (tertiary/aromatic N) is 2. The summed E-state index contributed by atoms with van der Waals surface area (Å²) in [5.41, 5.74) is 1.23. The van der Waals surface area contributed by atoms with Crippen molar-refractivity contribution in [3.05, 3.63) is 71.0 Å². The minimum Gasteiger partial charge on any atom is -0.305 e. The molecule has 5 nitrogen and oxygen atoms in total. The average Bonchev–Trinajstić information content (AvgIpc) is 3.05. The van der Waals surface area contributed by atoms with Crippen LogP contribution >= 0.6 is 11.3 Å². The Hall–Kier alpha value is -2.80. The molecule has 1 unspecified atom stereocenters. The quantitative estimate of drug-likeness (QED) is 0.735. The van der Waals surface area contributed by atoms with Crippen molar-refractivity contribution < 1.29 is 9.18 Å². The molecule has 0 fully saturated rings. The normalized spacial score (nSPS) is 11.8. The topological polar surface area (TPSA) is 66.9 Å². The molecule has 0 saturated heterocycles. The van der Waals surface area contributed by atoms with Crippen LogP contribution in [0.25, 0.3) is 0 Å². The highest BCUT2D eigenvalue weighted by Gasteiger charge is 2.15. The van der Waals surface area contributed by atoms with Crippen molar-refractivity contribution in [1.29, 1.82) is 0 Å². The molecule has 3 rings (SSSR count). The van der Waals surface area contributed by atoms with E-state index in [4.69, 9.17) is 0 Å². The Morgan fingerprint density at radius 1 is 1.04 bits per heavy atom. The SMILES string of the molecule is CC(c1ccccc1)c1nnc(NC(=O)Nc2ccccc2F)s1. The second kappa shape index (κ2) is 7.18. The maximum atomic E-state index is 13.5. The van der Waals surface area contributed by atoms with Gasteiger partial charge < -0.3 is 5.32 Å². The number of rotatable bonds is 4. The van der Waals surface area contributed by atoms with Gasteiger partial charge in [0.25, 0.3) is 0 Å². The monoisotopic (exact) mass is 342 g/mol. The molecule has 0 spiro atoms. The van der Waals surface area contributed by atoms with Crippen LogP contribution in [0.1, 0.15) is 23.4 Å². The molecule has 3 aromatic rings. The van der Waals surface area contributed by atoms with Gasteiger partial charge in [0.15, 0.2) is 0 Å². The Morgan fingerprint density at radius 3 is 2.50 bits per heavy atom. The van der Waals surface area contributed by atoms with E-state index in [-0.39, 0.29) is 11.6 Å². The maximum Gasteiger partial charge on any atom is 0.325 e. The van der Waals surface area contributed by atoms with Crippen LogP contribution in [-0.4, -0.2) is 16.2 Å². The van der Waals surface area contributed by atoms with Crippen molar-refractivity contribution >= 4 is 28.2 Å². The Morgan fingerprint density at radius 2 is 1.75 bits per heavy atom. The highest BCUT2D eigenvalue weighted by Crippen LogP contribution is 2.28. The predicted molar refractivity (Wildman–Crippen MR) is 92.9 cm³/mol. The number of carbonyl (C=O) groups is 1. The summed E-state index contributed by atoms with van der Waals surface area (Å²) >= 11 is 1.29. The van der Waals surface area contributed by atoms with Crippen LogP contribution in [0.3, 0.4) is 0 Å². The van der Waals surface area contributed by atoms with Crippen LogP contribution in [0, 0.1) is 5.82 Å². The molecule has 2 N–H and O–H groups in total. The first kappa shape index (κ1) is 16.1. The number of carbonyl (C=O) groups excluding carboxylic acids is 1. The van der Waals surface area contributed by atoms with Gasteiger partial charge in [-0.15, -0.1) is 10.2 Å². The summed E-state index contributed by atoms with van der Waals surface area (Å²) in [5, 5.41) is 14.3. The third-order valence-electron chi connectivity index (χ3n) is 3.45. The molecule has 2 amide bonds. The molecule has 0 radical (unpaired) electrons. The molecule has 1 aromatic heterocycles. The summed E-state index contributed by atoms with van der Waals surface area (Å²) in [6.45, 7) is 2.03. The number of para-hydroxylation sites is 1. The van der Waals surface area contributed by atoms with Gasteiger partial charge in [-0.05, 0) is 17.7 Å². The van der Waals surface area contributed by atoms with Gasteiger partial charge in [-0.3, -0.25) is 5.32 Å². The van der Waals surface area contributed by atoms with E-state index in [1.54, 1.807) is 12.1 Å². The first-order valence-corrected chi connectivity index (χ1v) is 8.16. The second-order valence-corrected chi connectivity index (χ2v) is 6.15. The van der Waals surface area contributed by atoms with E-state index in [0.29, 0.717) is 5.13 Å². The smallest absolute Gasteiger partial charge is 0.305 e. The molecule has 0 aliphatic heterocycles. The summed E-state index contributed by atoms with van der Waals surface area (Å²) in [6.07, 6.45) is 0. The zero-order chi connectivity index (χ0) is 16.9. The minimum absolute atomic E-state index is 0.0777. The molecule has 0 saturated carbocycles. The lowest BCUT2D eigenvalue weighted by Gasteiger charge is -2.07. The molecular weight excluding hydrogens is 327 g/mol. The van der Waals surface area contributed by atoms with Crippen LogP contribution in [0.4, 0.5) is 20.0 Å². The largest absolute Gasteiger partial charge is 0.325 e. The van der Waals surface area contributed by atoms with Crippen molar-refractivity contribution in [3.8, 4) is 0 Å². The molecule has 1 heterocycles. The van der Waals surface area contributed by atoms with Crippen molar-refractivity contribution in [1.82, 2.24) is 10.2 Å². The molecule has 2 aromatic carbocycles. The van der Waals surface area contributed by atoms with Crippen molar-refractivity contribution in [2.24, 2.45) is 0 Å². The predicted octanol–water partition coefficient (Wildman–Crippen LogP) is 4.47. The molecule has 7 heteroatoms. The molecular formula is C17H15FN4OS. The lowest BCUT2D eigenvalue weighted by molar-refractivity contribution is 0.262. The number of anilines is 2. The summed E-state index contributed by atoms with van der Waals surface area (Å²) in [4.78, 5) is 11.9. The van der Waals surface area contributed by atoms with Crippen LogP contribution in [-0.2, 0) is 0 Å². The first-order valence-electron chi connectivity index (χ1n) is 7.34. The van der Waals surface area contributed by atoms with Crippen LogP contribution in [0.5, 0.6) is 0 Å². The van der Waals surface area contributed by atoms with Gasteiger partial charge in [0.05, 0.1) is 5.69 Å². The van der Waals surface area contributed by atoms with E-state index in [9.17, 15) is 9.18 Å². The van der Waals surface area contributed by atoms with Gasteiger partial charge in [0.1, 0.15) is 10.8 Å². The van der Waals surface area contributed by atoms with Crippen LogP contribution in [0.15, 0.2) is 54.6 Å². The molecule has 0 bridgehead atoms. The highest BCUT2D eigenvalue weighted by molar-refractivity contribution is 7.15. The fourth-order valence-electron chi connectivity index (χ4n) is 2.16. The zero-order valence-corrected chi connectivity index (χ0v) is 13.7. The first-order chi connectivity index (χ1) is 11.6. The van der Waals surface area contributed by atoms with Gasteiger partial charge in [-0.25, -0.2) is 9.18 Å². The Kier molecular flexibility index (Phi) is 4.81. The lowest BCUT2D eigenvalue weighted by Crippen LogP contribution is -2.19. The molecule has 122 valence electrons. The number of urea groups is 1. The molecule has 0 aliphatic rings. The number of hydrogen-bond acceptors (Lipinski definition) is 4.